The highest BCUT2D eigenvalue weighted by Crippen LogP contribution is 2.20. The fourth-order valence-electron chi connectivity index (χ4n) is 2.22. The van der Waals surface area contributed by atoms with Gasteiger partial charge in [-0.05, 0) is 38.4 Å². The maximum absolute atomic E-state index is 11.7. The molecule has 1 heterocycles. The van der Waals surface area contributed by atoms with Crippen LogP contribution < -0.4 is 5.32 Å². The van der Waals surface area contributed by atoms with Crippen LogP contribution in [-0.4, -0.2) is 62.6 Å². The number of nitrogens with one attached hydrogen (secondary N) is 1. The molecule has 19 heavy (non-hydrogen) atoms. The Morgan fingerprint density at radius 2 is 2.11 bits per heavy atom. The number of unbranched alkanes of at least 4 members (excludes halogenated alkanes) is 1. The molecule has 1 unspecified atom stereocenters. The van der Waals surface area contributed by atoms with Crippen LogP contribution in [0.2, 0.25) is 0 Å². The van der Waals surface area contributed by atoms with Crippen molar-refractivity contribution >= 4 is 21.6 Å². The molecule has 6 heteroatoms. The van der Waals surface area contributed by atoms with Crippen molar-refractivity contribution in [2.24, 2.45) is 5.92 Å². The van der Waals surface area contributed by atoms with Gasteiger partial charge in [0.05, 0.1) is 0 Å². The van der Waals surface area contributed by atoms with Crippen molar-refractivity contribution in [1.29, 1.82) is 0 Å². The Labute approximate surface area is 122 Å². The molecule has 0 amide bonds. The van der Waals surface area contributed by atoms with Gasteiger partial charge in [0.2, 0.25) is 0 Å². The van der Waals surface area contributed by atoms with E-state index in [0.29, 0.717) is 5.92 Å². The largest absolute Gasteiger partial charge is 0.316 e. The minimum atomic E-state index is -2.94. The molecule has 0 aromatic heterocycles. The predicted molar refractivity (Wildman–Crippen MR) is 84.5 cm³/mol. The van der Waals surface area contributed by atoms with E-state index in [2.05, 4.69) is 24.1 Å². The van der Waals surface area contributed by atoms with Crippen LogP contribution in [0.15, 0.2) is 0 Å². The van der Waals surface area contributed by atoms with Crippen LogP contribution >= 0.6 is 11.8 Å². The van der Waals surface area contributed by atoms with E-state index in [1.54, 1.807) is 11.8 Å². The van der Waals surface area contributed by atoms with Crippen molar-refractivity contribution in [2.75, 3.05) is 43.9 Å². The van der Waals surface area contributed by atoms with Gasteiger partial charge in [-0.2, -0.15) is 11.8 Å². The zero-order valence-corrected chi connectivity index (χ0v) is 14.0. The van der Waals surface area contributed by atoms with Crippen LogP contribution in [-0.2, 0) is 9.84 Å². The average molecular weight is 309 g/mol. The number of sulfone groups is 1. The molecular weight excluding hydrogens is 280 g/mol. The molecule has 0 saturated carbocycles. The average Bonchev–Trinajstić information content (AvgIpc) is 2.32. The summed E-state index contributed by atoms with van der Waals surface area (Å²) in [7, 11) is -2.94. The van der Waals surface area contributed by atoms with Crippen molar-refractivity contribution in [3.63, 3.8) is 0 Å². The lowest BCUT2D eigenvalue weighted by Crippen LogP contribution is -2.47. The number of nitrogens with zero attached hydrogens (tertiary/aromatic N) is 1. The molecule has 1 aliphatic rings. The summed E-state index contributed by atoms with van der Waals surface area (Å²) in [4.78, 5) is 2.15. The minimum absolute atomic E-state index is 0.269. The van der Waals surface area contributed by atoms with E-state index in [0.717, 1.165) is 50.5 Å². The second kappa shape index (κ2) is 8.49. The van der Waals surface area contributed by atoms with Gasteiger partial charge in [-0.15, -0.1) is 0 Å². The third kappa shape index (κ3) is 6.97. The molecule has 1 rings (SSSR count). The molecule has 0 aliphatic carbocycles. The van der Waals surface area contributed by atoms with Crippen molar-refractivity contribution in [3.8, 4) is 0 Å². The SMILES string of the molecule is CC(C)CNCCCCN1CCSCC1S(C)(=O)=O. The van der Waals surface area contributed by atoms with Gasteiger partial charge in [-0.1, -0.05) is 13.8 Å². The van der Waals surface area contributed by atoms with E-state index in [4.69, 9.17) is 0 Å². The van der Waals surface area contributed by atoms with Gasteiger partial charge >= 0.3 is 0 Å². The van der Waals surface area contributed by atoms with Crippen molar-refractivity contribution in [1.82, 2.24) is 10.2 Å². The Kier molecular flexibility index (Phi) is 7.72. The van der Waals surface area contributed by atoms with Crippen molar-refractivity contribution < 1.29 is 8.42 Å². The zero-order valence-electron chi connectivity index (χ0n) is 12.4. The Hall–Kier alpha value is 0.220. The van der Waals surface area contributed by atoms with Crippen LogP contribution in [0.1, 0.15) is 26.7 Å². The molecule has 1 N–H and O–H groups in total. The lowest BCUT2D eigenvalue weighted by molar-refractivity contribution is 0.264. The second-order valence-electron chi connectivity index (χ2n) is 5.70. The van der Waals surface area contributed by atoms with Crippen LogP contribution in [0.3, 0.4) is 0 Å². The van der Waals surface area contributed by atoms with E-state index in [-0.39, 0.29) is 5.37 Å². The summed E-state index contributed by atoms with van der Waals surface area (Å²) in [5.74, 6) is 2.47. The highest BCUT2D eigenvalue weighted by atomic mass is 32.2. The summed E-state index contributed by atoms with van der Waals surface area (Å²) in [6.45, 7) is 8.31. The quantitative estimate of drug-likeness (QED) is 0.688. The molecule has 0 bridgehead atoms. The summed E-state index contributed by atoms with van der Waals surface area (Å²) < 4.78 is 23.5. The predicted octanol–water partition coefficient (Wildman–Crippen LogP) is 1.43. The number of rotatable bonds is 8. The standard InChI is InChI=1S/C13H28N2O2S2/c1-12(2)10-14-6-4-5-7-15-8-9-18-11-13(15)19(3,16)17/h12-14H,4-11H2,1-3H3. The van der Waals surface area contributed by atoms with Crippen molar-refractivity contribution in [3.05, 3.63) is 0 Å². The van der Waals surface area contributed by atoms with Gasteiger partial charge < -0.3 is 5.32 Å². The number of hydrogen-bond acceptors (Lipinski definition) is 5. The van der Waals surface area contributed by atoms with Crippen LogP contribution in [0, 0.1) is 5.92 Å². The topological polar surface area (TPSA) is 49.4 Å². The molecule has 1 saturated heterocycles. The van der Waals surface area contributed by atoms with E-state index in [1.165, 1.54) is 6.26 Å². The van der Waals surface area contributed by atoms with Gasteiger partial charge in [0, 0.05) is 24.3 Å². The normalized spacial score (nSPS) is 22.0. The highest BCUT2D eigenvalue weighted by Gasteiger charge is 2.30. The summed E-state index contributed by atoms with van der Waals surface area (Å²) in [5, 5.41) is 3.15. The Morgan fingerprint density at radius 3 is 2.74 bits per heavy atom. The molecule has 0 aromatic rings. The molecule has 0 spiro atoms. The van der Waals surface area contributed by atoms with Crippen LogP contribution in [0.5, 0.6) is 0 Å². The first kappa shape index (κ1) is 17.3. The molecule has 114 valence electrons. The van der Waals surface area contributed by atoms with Gasteiger partial charge in [0.1, 0.15) is 5.37 Å². The Bertz CT molecular complexity index is 345. The molecule has 4 nitrogen and oxygen atoms in total. The highest BCUT2D eigenvalue weighted by molar-refractivity contribution is 8.00. The smallest absolute Gasteiger partial charge is 0.164 e. The third-order valence-corrected chi connectivity index (χ3v) is 5.97. The zero-order chi connectivity index (χ0) is 14.3. The van der Waals surface area contributed by atoms with Crippen LogP contribution in [0.25, 0.3) is 0 Å². The first-order chi connectivity index (χ1) is 8.91. The van der Waals surface area contributed by atoms with Gasteiger partial charge in [0.25, 0.3) is 0 Å². The summed E-state index contributed by atoms with van der Waals surface area (Å²) in [5.41, 5.74) is 0. The fourth-order valence-corrected chi connectivity index (χ4v) is 5.19. The van der Waals surface area contributed by atoms with E-state index >= 15 is 0 Å². The summed E-state index contributed by atoms with van der Waals surface area (Å²) in [6, 6.07) is 0. The summed E-state index contributed by atoms with van der Waals surface area (Å²) >= 11 is 1.75. The fraction of sp³-hybridized carbons (Fsp3) is 1.00. The monoisotopic (exact) mass is 308 g/mol. The summed E-state index contributed by atoms with van der Waals surface area (Å²) in [6.07, 6.45) is 3.55. The first-order valence-electron chi connectivity index (χ1n) is 7.12. The third-order valence-electron chi connectivity index (χ3n) is 3.29. The minimum Gasteiger partial charge on any atom is -0.316 e. The molecule has 1 fully saturated rings. The lowest BCUT2D eigenvalue weighted by Gasteiger charge is -2.33. The van der Waals surface area contributed by atoms with Gasteiger partial charge in [-0.3, -0.25) is 4.90 Å². The lowest BCUT2D eigenvalue weighted by atomic mass is 10.2. The molecule has 0 aromatic carbocycles. The molecule has 1 atom stereocenters. The molecule has 1 aliphatic heterocycles. The van der Waals surface area contributed by atoms with Crippen molar-refractivity contribution in [2.45, 2.75) is 32.1 Å². The van der Waals surface area contributed by atoms with Gasteiger partial charge in [0.15, 0.2) is 9.84 Å². The number of thioether (sulfide) groups is 1. The maximum atomic E-state index is 11.7. The van der Waals surface area contributed by atoms with E-state index in [9.17, 15) is 8.42 Å². The second-order valence-corrected chi connectivity index (χ2v) is 9.05. The Balaban J connectivity index is 2.23. The van der Waals surface area contributed by atoms with E-state index < -0.39 is 9.84 Å². The van der Waals surface area contributed by atoms with Crippen LogP contribution in [0.4, 0.5) is 0 Å². The van der Waals surface area contributed by atoms with E-state index in [1.807, 2.05) is 0 Å². The number of hydrogen-bond donors (Lipinski definition) is 1. The van der Waals surface area contributed by atoms with Gasteiger partial charge in [-0.25, -0.2) is 8.42 Å². The molecule has 0 radical (unpaired) electrons. The maximum Gasteiger partial charge on any atom is 0.164 e. The first-order valence-corrected chi connectivity index (χ1v) is 10.2. The molecular formula is C13H28N2O2S2. The Morgan fingerprint density at radius 1 is 1.37 bits per heavy atom.